The Morgan fingerprint density at radius 2 is 1.83 bits per heavy atom. The largest absolute Gasteiger partial charge is 0.493 e. The van der Waals surface area contributed by atoms with Crippen molar-refractivity contribution in [2.45, 2.75) is 19.9 Å². The molecule has 2 N–H and O–H groups in total. The van der Waals surface area contributed by atoms with Gasteiger partial charge in [-0.3, -0.25) is 9.79 Å². The highest BCUT2D eigenvalue weighted by atomic mass is 127. The average molecular weight is 545 g/mol. The van der Waals surface area contributed by atoms with E-state index in [4.69, 9.17) is 16.3 Å². The van der Waals surface area contributed by atoms with E-state index < -0.39 is 0 Å². The number of halogens is 2. The maximum Gasteiger partial charge on any atom is 0.253 e. The standard InChI is InChI=1S/C22H29ClN4O2.HI/c1-16-14-19(23)10-11-20(16)29-13-5-12-25-22(24-2)26-15-17-6-8-18(9-7-17)21(28)27(3)4;/h6-11,14H,5,12-13,15H2,1-4H3,(H2,24,25,26);1H. The summed E-state index contributed by atoms with van der Waals surface area (Å²) in [5.74, 6) is 1.58. The van der Waals surface area contributed by atoms with Gasteiger partial charge in [0.15, 0.2) is 5.96 Å². The summed E-state index contributed by atoms with van der Waals surface area (Å²) in [6.45, 7) is 3.95. The number of hydrogen-bond donors (Lipinski definition) is 2. The first kappa shape index (κ1) is 26.0. The van der Waals surface area contributed by atoms with Crippen molar-refractivity contribution in [2.75, 3.05) is 34.3 Å². The van der Waals surface area contributed by atoms with Gasteiger partial charge in [-0.05, 0) is 54.8 Å². The summed E-state index contributed by atoms with van der Waals surface area (Å²) in [6.07, 6.45) is 0.837. The van der Waals surface area contributed by atoms with Crippen molar-refractivity contribution in [2.24, 2.45) is 4.99 Å². The Bertz CT molecular complexity index is 842. The van der Waals surface area contributed by atoms with Crippen LogP contribution in [0, 0.1) is 6.92 Å². The Balaban J connectivity index is 0.00000450. The van der Waals surface area contributed by atoms with Crippen LogP contribution in [-0.4, -0.2) is 51.1 Å². The third-order valence-corrected chi connectivity index (χ3v) is 4.53. The van der Waals surface area contributed by atoms with Crippen LogP contribution in [0.1, 0.15) is 27.9 Å². The van der Waals surface area contributed by atoms with Gasteiger partial charge in [0.25, 0.3) is 5.91 Å². The molecule has 2 aromatic carbocycles. The molecule has 0 atom stereocenters. The predicted octanol–water partition coefficient (Wildman–Crippen LogP) is 4.10. The molecule has 0 heterocycles. The molecule has 0 radical (unpaired) electrons. The second-order valence-electron chi connectivity index (χ2n) is 6.86. The Morgan fingerprint density at radius 3 is 2.43 bits per heavy atom. The summed E-state index contributed by atoms with van der Waals surface area (Å²) in [5, 5.41) is 7.25. The number of carbonyl (C=O) groups excluding carboxylic acids is 1. The molecule has 0 saturated carbocycles. The van der Waals surface area contributed by atoms with E-state index in [0.29, 0.717) is 23.7 Å². The lowest BCUT2D eigenvalue weighted by Crippen LogP contribution is -2.37. The van der Waals surface area contributed by atoms with E-state index in [1.165, 1.54) is 0 Å². The zero-order valence-electron chi connectivity index (χ0n) is 17.9. The van der Waals surface area contributed by atoms with Crippen LogP contribution >= 0.6 is 35.6 Å². The molecule has 0 bridgehead atoms. The Labute approximate surface area is 201 Å². The Kier molecular flexibility index (Phi) is 11.6. The van der Waals surface area contributed by atoms with Crippen molar-refractivity contribution in [3.63, 3.8) is 0 Å². The minimum atomic E-state index is -0.00185. The van der Waals surface area contributed by atoms with Gasteiger partial charge >= 0.3 is 0 Å². The van der Waals surface area contributed by atoms with E-state index in [-0.39, 0.29) is 29.9 Å². The normalized spacial score (nSPS) is 10.8. The van der Waals surface area contributed by atoms with E-state index in [1.54, 1.807) is 26.0 Å². The first-order chi connectivity index (χ1) is 13.9. The highest BCUT2D eigenvalue weighted by Gasteiger charge is 2.07. The first-order valence-corrected chi connectivity index (χ1v) is 9.92. The molecule has 0 aliphatic heterocycles. The Hall–Kier alpha value is -2.00. The van der Waals surface area contributed by atoms with E-state index >= 15 is 0 Å². The molecule has 2 aromatic rings. The fourth-order valence-corrected chi connectivity index (χ4v) is 2.89. The van der Waals surface area contributed by atoms with Crippen molar-refractivity contribution in [1.29, 1.82) is 0 Å². The molecule has 30 heavy (non-hydrogen) atoms. The number of carbonyl (C=O) groups is 1. The number of amides is 1. The van der Waals surface area contributed by atoms with Crippen molar-refractivity contribution >= 4 is 47.4 Å². The van der Waals surface area contributed by atoms with Crippen LogP contribution in [0.25, 0.3) is 0 Å². The number of nitrogens with one attached hydrogen (secondary N) is 2. The predicted molar refractivity (Wildman–Crippen MR) is 134 cm³/mol. The lowest BCUT2D eigenvalue weighted by molar-refractivity contribution is 0.0827. The zero-order chi connectivity index (χ0) is 21.2. The summed E-state index contributed by atoms with van der Waals surface area (Å²) in [5.41, 5.74) is 2.78. The maximum atomic E-state index is 11.9. The third-order valence-electron chi connectivity index (χ3n) is 4.30. The van der Waals surface area contributed by atoms with Gasteiger partial charge in [0.2, 0.25) is 0 Å². The van der Waals surface area contributed by atoms with E-state index in [2.05, 4.69) is 15.6 Å². The van der Waals surface area contributed by atoms with Crippen molar-refractivity contribution in [3.8, 4) is 5.75 Å². The summed E-state index contributed by atoms with van der Waals surface area (Å²) < 4.78 is 5.79. The van der Waals surface area contributed by atoms with Crippen molar-refractivity contribution in [1.82, 2.24) is 15.5 Å². The fraction of sp³-hybridized carbons (Fsp3) is 0.364. The van der Waals surface area contributed by atoms with Gasteiger partial charge in [0, 0.05) is 44.8 Å². The number of aryl methyl sites for hydroxylation is 1. The lowest BCUT2D eigenvalue weighted by Gasteiger charge is -2.14. The highest BCUT2D eigenvalue weighted by molar-refractivity contribution is 14.0. The van der Waals surface area contributed by atoms with Crippen LogP contribution in [0.3, 0.4) is 0 Å². The van der Waals surface area contributed by atoms with E-state index in [0.717, 1.165) is 35.8 Å². The molecule has 8 heteroatoms. The van der Waals surface area contributed by atoms with Gasteiger partial charge in [-0.15, -0.1) is 24.0 Å². The molecule has 2 rings (SSSR count). The summed E-state index contributed by atoms with van der Waals surface area (Å²) in [4.78, 5) is 17.7. The topological polar surface area (TPSA) is 66.0 Å². The summed E-state index contributed by atoms with van der Waals surface area (Å²) in [6, 6.07) is 13.2. The molecule has 1 amide bonds. The number of benzene rings is 2. The molecule has 0 saturated heterocycles. The molecule has 164 valence electrons. The van der Waals surface area contributed by atoms with Crippen LogP contribution < -0.4 is 15.4 Å². The minimum absolute atomic E-state index is 0. The van der Waals surface area contributed by atoms with Crippen molar-refractivity contribution in [3.05, 3.63) is 64.2 Å². The second kappa shape index (κ2) is 13.3. The number of rotatable bonds is 8. The molecule has 6 nitrogen and oxygen atoms in total. The van der Waals surface area contributed by atoms with Crippen LogP contribution in [0.5, 0.6) is 5.75 Å². The van der Waals surface area contributed by atoms with Crippen LogP contribution in [-0.2, 0) is 6.54 Å². The van der Waals surface area contributed by atoms with Crippen LogP contribution in [0.4, 0.5) is 0 Å². The molecule has 0 aromatic heterocycles. The molecular formula is C22H30ClIN4O2. The van der Waals surface area contributed by atoms with Crippen molar-refractivity contribution < 1.29 is 9.53 Å². The second-order valence-corrected chi connectivity index (χ2v) is 7.30. The van der Waals surface area contributed by atoms with Crippen LogP contribution in [0.15, 0.2) is 47.5 Å². The summed E-state index contributed by atoms with van der Waals surface area (Å²) in [7, 11) is 5.23. The third kappa shape index (κ3) is 8.39. The Morgan fingerprint density at radius 1 is 1.13 bits per heavy atom. The highest BCUT2D eigenvalue weighted by Crippen LogP contribution is 2.21. The number of aliphatic imine (C=N–C) groups is 1. The number of hydrogen-bond acceptors (Lipinski definition) is 3. The quantitative estimate of drug-likeness (QED) is 0.227. The number of nitrogens with zero attached hydrogens (tertiary/aromatic N) is 2. The average Bonchev–Trinajstić information content (AvgIpc) is 2.71. The summed E-state index contributed by atoms with van der Waals surface area (Å²) >= 11 is 5.96. The smallest absolute Gasteiger partial charge is 0.253 e. The maximum absolute atomic E-state index is 11.9. The molecule has 0 spiro atoms. The number of guanidine groups is 1. The van der Waals surface area contributed by atoms with Gasteiger partial charge in [-0.25, -0.2) is 0 Å². The number of ether oxygens (including phenoxy) is 1. The zero-order valence-corrected chi connectivity index (χ0v) is 21.0. The minimum Gasteiger partial charge on any atom is -0.493 e. The van der Waals surface area contributed by atoms with Gasteiger partial charge < -0.3 is 20.3 Å². The SMILES string of the molecule is CN=C(NCCCOc1ccc(Cl)cc1C)NCc1ccc(C(=O)N(C)C)cc1.I. The van der Waals surface area contributed by atoms with Gasteiger partial charge in [0.05, 0.1) is 6.61 Å². The van der Waals surface area contributed by atoms with E-state index in [1.807, 2.05) is 49.4 Å². The lowest BCUT2D eigenvalue weighted by atomic mass is 10.1. The molecule has 0 aliphatic rings. The van der Waals surface area contributed by atoms with Gasteiger partial charge in [-0.2, -0.15) is 0 Å². The van der Waals surface area contributed by atoms with Gasteiger partial charge in [-0.1, -0.05) is 23.7 Å². The monoisotopic (exact) mass is 544 g/mol. The molecular weight excluding hydrogens is 515 g/mol. The van der Waals surface area contributed by atoms with E-state index in [9.17, 15) is 4.79 Å². The van der Waals surface area contributed by atoms with Gasteiger partial charge in [0.1, 0.15) is 5.75 Å². The fourth-order valence-electron chi connectivity index (χ4n) is 2.67. The molecule has 0 fully saturated rings. The first-order valence-electron chi connectivity index (χ1n) is 9.54. The molecule has 0 aliphatic carbocycles. The molecule has 0 unspecified atom stereocenters. The van der Waals surface area contributed by atoms with Crippen LogP contribution in [0.2, 0.25) is 5.02 Å².